The molecular weight excluding hydrogens is 1100 g/mol. The molecule has 0 spiro atoms. The summed E-state index contributed by atoms with van der Waals surface area (Å²) in [5.41, 5.74) is 27.1. The average Bonchev–Trinajstić information content (AvgIpc) is 0.691. The summed E-state index contributed by atoms with van der Waals surface area (Å²) in [6, 6.07) is 67.6. The molecule has 4 heteroatoms. The summed E-state index contributed by atoms with van der Waals surface area (Å²) in [6.07, 6.45) is 0. The van der Waals surface area contributed by atoms with Crippen LogP contribution in [0.2, 0.25) is 0 Å². The number of aromatic nitrogens is 1. The maximum Gasteiger partial charge on any atom is 0.252 e. The maximum absolute atomic E-state index is 5.90. The number of fused-ring (bicyclic) bond motifs is 6. The summed E-state index contributed by atoms with van der Waals surface area (Å²) < 4.78 is 0. The molecule has 0 unspecified atom stereocenters. The molecule has 2 aliphatic rings. The summed E-state index contributed by atoms with van der Waals surface area (Å²) in [4.78, 5) is 11.2. The van der Waals surface area contributed by atoms with Gasteiger partial charge in [0.15, 0.2) is 0 Å². The van der Waals surface area contributed by atoms with E-state index in [2.05, 4.69) is 346 Å². The Kier molecular flexibility index (Phi) is 15.0. The van der Waals surface area contributed by atoms with Crippen LogP contribution in [-0.2, 0) is 43.3 Å². The highest BCUT2D eigenvalue weighted by Gasteiger charge is 2.45. The van der Waals surface area contributed by atoms with Crippen molar-refractivity contribution in [1.29, 1.82) is 0 Å². The van der Waals surface area contributed by atoms with Crippen LogP contribution in [0, 0.1) is 0 Å². The molecule has 0 bridgehead atoms. The molecule has 0 atom stereocenters. The molecule has 0 saturated heterocycles. The standard InChI is InChI=1S/C87H100BN3/c1-80(2,3)61-33-59(34-62(45-61)81(4,5)6)73-39-57(40-74(89-73)60-35-63(82(7,8)9)46-64(36-60)83(10,11)12)58-43-77-79-78(44-58)91(70-51-67(86(19,20)21)48-68(52-70)87(22,23)24)76-42-56-32-28-26-30-54(56)38-72(76)88(79)71-37-53-29-25-27-31-55(53)41-75(71)90(77)69-49-65(84(13,14)15)47-66(50-69)85(16,17)18/h25-52H,1-24H3. The van der Waals surface area contributed by atoms with Crippen molar-refractivity contribution in [1.82, 2.24) is 4.98 Å². The summed E-state index contributed by atoms with van der Waals surface area (Å²) >= 11 is 0. The lowest BCUT2D eigenvalue weighted by Gasteiger charge is -2.45. The molecule has 0 aliphatic carbocycles. The van der Waals surface area contributed by atoms with E-state index in [1.165, 1.54) is 117 Å². The highest BCUT2D eigenvalue weighted by molar-refractivity contribution is 7.00. The van der Waals surface area contributed by atoms with Crippen LogP contribution in [0.5, 0.6) is 0 Å². The second kappa shape index (κ2) is 21.4. The minimum atomic E-state index is -0.125. The van der Waals surface area contributed by atoms with Crippen LogP contribution in [0.15, 0.2) is 170 Å². The van der Waals surface area contributed by atoms with Gasteiger partial charge in [0.05, 0.1) is 11.4 Å². The summed E-state index contributed by atoms with van der Waals surface area (Å²) in [6.45, 7) is 56.4. The summed E-state index contributed by atoms with van der Waals surface area (Å²) in [5, 5.41) is 4.93. The highest BCUT2D eigenvalue weighted by atomic mass is 15.2. The lowest BCUT2D eigenvalue weighted by molar-refractivity contribution is 0.568. The fourth-order valence-corrected chi connectivity index (χ4v) is 13.6. The van der Waals surface area contributed by atoms with E-state index in [0.717, 1.165) is 33.6 Å². The van der Waals surface area contributed by atoms with E-state index in [9.17, 15) is 0 Å². The smallest absolute Gasteiger partial charge is 0.252 e. The third-order valence-corrected chi connectivity index (χ3v) is 19.7. The lowest BCUT2D eigenvalue weighted by Crippen LogP contribution is -2.61. The lowest BCUT2D eigenvalue weighted by atomic mass is 9.33. The molecule has 1 aromatic heterocycles. The van der Waals surface area contributed by atoms with Gasteiger partial charge in [0.25, 0.3) is 6.71 Å². The minimum Gasteiger partial charge on any atom is -0.311 e. The van der Waals surface area contributed by atoms with Crippen LogP contribution in [-0.4, -0.2) is 11.7 Å². The van der Waals surface area contributed by atoms with Gasteiger partial charge in [-0.15, -0.1) is 0 Å². The first-order chi connectivity index (χ1) is 42.1. The summed E-state index contributed by atoms with van der Waals surface area (Å²) in [5.74, 6) is 0. The Morgan fingerprint density at radius 3 is 0.780 bits per heavy atom. The highest BCUT2D eigenvalue weighted by Crippen LogP contribution is 2.51. The zero-order chi connectivity index (χ0) is 65.8. The molecular formula is C87H100BN3. The summed E-state index contributed by atoms with van der Waals surface area (Å²) in [7, 11) is 0. The van der Waals surface area contributed by atoms with Gasteiger partial charge in [0.1, 0.15) is 0 Å². The number of nitrogens with zero attached hydrogens (tertiary/aromatic N) is 3. The Bertz CT molecular complexity index is 4140. The molecule has 466 valence electrons. The van der Waals surface area contributed by atoms with E-state index in [4.69, 9.17) is 4.98 Å². The molecule has 0 N–H and O–H groups in total. The van der Waals surface area contributed by atoms with Gasteiger partial charge in [-0.3, -0.25) is 0 Å². The number of hydrogen-bond donors (Lipinski definition) is 0. The first kappa shape index (κ1) is 63.5. The molecule has 10 aromatic rings. The fourth-order valence-electron chi connectivity index (χ4n) is 13.6. The van der Waals surface area contributed by atoms with Gasteiger partial charge in [0.2, 0.25) is 0 Å². The van der Waals surface area contributed by atoms with Crippen LogP contribution in [0.25, 0.3) is 55.2 Å². The van der Waals surface area contributed by atoms with E-state index < -0.39 is 0 Å². The molecule has 91 heavy (non-hydrogen) atoms. The van der Waals surface area contributed by atoms with Crippen LogP contribution < -0.4 is 26.2 Å². The molecule has 0 saturated carbocycles. The van der Waals surface area contributed by atoms with Crippen molar-refractivity contribution in [2.24, 2.45) is 0 Å². The Hall–Kier alpha value is -7.69. The number of pyridine rings is 1. The average molecular weight is 1200 g/mol. The third-order valence-electron chi connectivity index (χ3n) is 19.7. The van der Waals surface area contributed by atoms with Crippen molar-refractivity contribution >= 4 is 78.8 Å². The van der Waals surface area contributed by atoms with Gasteiger partial charge in [0, 0.05) is 45.3 Å². The largest absolute Gasteiger partial charge is 0.311 e. The second-order valence-corrected chi connectivity index (χ2v) is 35.3. The first-order valence-electron chi connectivity index (χ1n) is 33.6. The third kappa shape index (κ3) is 12.0. The van der Waals surface area contributed by atoms with Crippen molar-refractivity contribution in [3.63, 3.8) is 0 Å². The van der Waals surface area contributed by atoms with E-state index >= 15 is 0 Å². The van der Waals surface area contributed by atoms with Gasteiger partial charge < -0.3 is 9.80 Å². The Morgan fingerprint density at radius 2 is 0.505 bits per heavy atom. The minimum absolute atomic E-state index is 0.0960. The van der Waals surface area contributed by atoms with Gasteiger partial charge in [-0.05, 0) is 222 Å². The van der Waals surface area contributed by atoms with Crippen molar-refractivity contribution in [2.75, 3.05) is 9.80 Å². The second-order valence-electron chi connectivity index (χ2n) is 35.3. The van der Waals surface area contributed by atoms with Gasteiger partial charge in [-0.1, -0.05) is 251 Å². The number of benzene rings is 9. The van der Waals surface area contributed by atoms with E-state index in [1.54, 1.807) is 0 Å². The molecule has 0 fully saturated rings. The molecule has 3 heterocycles. The topological polar surface area (TPSA) is 19.4 Å². The van der Waals surface area contributed by atoms with Gasteiger partial charge in [-0.2, -0.15) is 0 Å². The zero-order valence-corrected chi connectivity index (χ0v) is 59.6. The molecule has 3 nitrogen and oxygen atoms in total. The Morgan fingerprint density at radius 1 is 0.253 bits per heavy atom. The Labute approximate surface area is 547 Å². The van der Waals surface area contributed by atoms with Crippen molar-refractivity contribution in [3.8, 4) is 33.6 Å². The molecule has 2 aliphatic heterocycles. The van der Waals surface area contributed by atoms with Gasteiger partial charge in [-0.25, -0.2) is 4.98 Å². The number of anilines is 6. The van der Waals surface area contributed by atoms with Crippen LogP contribution in [0.1, 0.15) is 211 Å². The number of hydrogen-bond acceptors (Lipinski definition) is 3. The van der Waals surface area contributed by atoms with Gasteiger partial charge >= 0.3 is 0 Å². The Balaban J connectivity index is 1.29. The fraction of sp³-hybridized carbons (Fsp3) is 0.368. The van der Waals surface area contributed by atoms with E-state index in [0.29, 0.717) is 0 Å². The van der Waals surface area contributed by atoms with Crippen LogP contribution in [0.3, 0.4) is 0 Å². The maximum atomic E-state index is 5.90. The zero-order valence-electron chi connectivity index (χ0n) is 59.6. The monoisotopic (exact) mass is 1200 g/mol. The molecule has 9 aromatic carbocycles. The predicted octanol–water partition coefficient (Wildman–Crippen LogP) is 22.9. The van der Waals surface area contributed by atoms with E-state index in [1.807, 2.05) is 0 Å². The normalized spacial score (nSPS) is 14.1. The van der Waals surface area contributed by atoms with E-state index in [-0.39, 0.29) is 50.0 Å². The van der Waals surface area contributed by atoms with Crippen molar-refractivity contribution < 1.29 is 0 Å². The van der Waals surface area contributed by atoms with Crippen LogP contribution in [0.4, 0.5) is 34.1 Å². The SMILES string of the molecule is CC(C)(C)c1cc(-c2cc(-c3cc4c5c(c3)N(c3cc(C(C)(C)C)cc(C(C)(C)C)c3)c3cc6ccccc6cc3B5c3cc5ccccc5cc3N4c3cc(C(C)(C)C)cc(C(C)(C)C)c3)cc(-c3cc(C(C)(C)C)cc(C(C)(C)C)c3)n2)cc(C(C)(C)C)c1. The van der Waals surface area contributed by atoms with Crippen molar-refractivity contribution in [3.05, 3.63) is 214 Å². The molecule has 0 radical (unpaired) electrons. The quantitative estimate of drug-likeness (QED) is 0.160. The predicted molar refractivity (Wildman–Crippen MR) is 399 cm³/mol. The number of rotatable bonds is 5. The molecule has 12 rings (SSSR count). The van der Waals surface area contributed by atoms with Crippen molar-refractivity contribution in [2.45, 2.75) is 209 Å². The first-order valence-corrected chi connectivity index (χ1v) is 33.6. The van der Waals surface area contributed by atoms with Crippen LogP contribution >= 0.6 is 0 Å². The molecule has 0 amide bonds.